The molecule has 0 fully saturated rings. The van der Waals surface area contributed by atoms with Gasteiger partial charge in [0.25, 0.3) is 0 Å². The van der Waals surface area contributed by atoms with Crippen LogP contribution in [0.25, 0.3) is 0 Å². The van der Waals surface area contributed by atoms with Crippen molar-refractivity contribution in [2.24, 2.45) is 0 Å². The summed E-state index contributed by atoms with van der Waals surface area (Å²) in [7, 11) is 1.49. The first-order chi connectivity index (χ1) is 11.0. The maximum Gasteiger partial charge on any atom is 0.233 e. The summed E-state index contributed by atoms with van der Waals surface area (Å²) in [5.74, 6) is -0.371. The molecule has 0 bridgehead atoms. The Bertz CT molecular complexity index is 714. The van der Waals surface area contributed by atoms with E-state index in [1.54, 1.807) is 30.3 Å². The second kappa shape index (κ2) is 7.65. The average Bonchev–Trinajstić information content (AvgIpc) is 2.49. The van der Waals surface area contributed by atoms with Gasteiger partial charge in [-0.3, -0.25) is 9.59 Å². The minimum absolute atomic E-state index is 0.302. The van der Waals surface area contributed by atoms with Crippen LogP contribution in [0.3, 0.4) is 0 Å². The van der Waals surface area contributed by atoms with Gasteiger partial charge in [0.1, 0.15) is 12.2 Å². The highest BCUT2D eigenvalue weighted by atomic mass is 35.5. The topological polar surface area (TPSA) is 67.4 Å². The molecule has 0 aliphatic rings. The van der Waals surface area contributed by atoms with E-state index in [-0.39, 0.29) is 6.42 Å². The van der Waals surface area contributed by atoms with Crippen molar-refractivity contribution < 1.29 is 14.3 Å². The normalized spacial score (nSPS) is 10.0. The molecule has 0 aromatic heterocycles. The largest absolute Gasteiger partial charge is 0.495 e. The van der Waals surface area contributed by atoms with Gasteiger partial charge in [-0.15, -0.1) is 0 Å². The number of nitrogens with one attached hydrogen (secondary N) is 2. The summed E-state index contributed by atoms with van der Waals surface area (Å²) in [5, 5.41) is 5.75. The number of hydrogen-bond donors (Lipinski definition) is 2. The number of hydrogen-bond acceptors (Lipinski definition) is 3. The van der Waals surface area contributed by atoms with E-state index >= 15 is 0 Å². The third-order valence-corrected chi connectivity index (χ3v) is 3.33. The van der Waals surface area contributed by atoms with Crippen LogP contribution in [-0.2, 0) is 9.59 Å². The molecule has 0 saturated carbocycles. The molecule has 0 radical (unpaired) electrons. The molecule has 0 aliphatic carbocycles. The van der Waals surface area contributed by atoms with Gasteiger partial charge in [-0.25, -0.2) is 0 Å². The van der Waals surface area contributed by atoms with Crippen molar-refractivity contribution in [2.45, 2.75) is 13.3 Å². The summed E-state index contributed by atoms with van der Waals surface area (Å²) < 4.78 is 5.14. The Balaban J connectivity index is 1.95. The van der Waals surface area contributed by atoms with Gasteiger partial charge in [-0.2, -0.15) is 0 Å². The van der Waals surface area contributed by atoms with Gasteiger partial charge in [0.05, 0.1) is 12.8 Å². The number of benzene rings is 2. The highest BCUT2D eigenvalue weighted by molar-refractivity contribution is 6.31. The summed E-state index contributed by atoms with van der Waals surface area (Å²) in [6.07, 6.45) is -0.302. The number of carbonyl (C=O) groups excluding carboxylic acids is 2. The van der Waals surface area contributed by atoms with Gasteiger partial charge in [0.2, 0.25) is 11.8 Å². The third-order valence-electron chi connectivity index (χ3n) is 3.09. The Morgan fingerprint density at radius 3 is 2.35 bits per heavy atom. The van der Waals surface area contributed by atoms with Crippen LogP contribution in [0.4, 0.5) is 11.4 Å². The van der Waals surface area contributed by atoms with E-state index in [9.17, 15) is 9.59 Å². The zero-order valence-electron chi connectivity index (χ0n) is 12.9. The van der Waals surface area contributed by atoms with Crippen molar-refractivity contribution in [2.75, 3.05) is 17.7 Å². The average molecular weight is 333 g/mol. The molecule has 0 atom stereocenters. The summed E-state index contributed by atoms with van der Waals surface area (Å²) in [5.41, 5.74) is 2.16. The van der Waals surface area contributed by atoms with Crippen LogP contribution >= 0.6 is 11.6 Å². The minimum atomic E-state index is -0.449. The highest BCUT2D eigenvalue weighted by Gasteiger charge is 2.12. The molecule has 0 heterocycles. The quantitative estimate of drug-likeness (QED) is 0.822. The lowest BCUT2D eigenvalue weighted by Crippen LogP contribution is -2.21. The van der Waals surface area contributed by atoms with E-state index in [2.05, 4.69) is 10.6 Å². The summed E-state index contributed by atoms with van der Waals surface area (Å²) in [6, 6.07) is 12.2. The SMILES string of the molecule is COc1ccc(Cl)cc1NC(=O)CC(=O)Nc1ccc(C)cc1. The molecule has 5 nitrogen and oxygen atoms in total. The first-order valence-electron chi connectivity index (χ1n) is 6.98. The zero-order valence-corrected chi connectivity index (χ0v) is 13.6. The summed E-state index contributed by atoms with van der Waals surface area (Å²) >= 11 is 5.90. The van der Waals surface area contributed by atoms with E-state index in [0.29, 0.717) is 22.1 Å². The fourth-order valence-corrected chi connectivity index (χ4v) is 2.13. The number of carbonyl (C=O) groups is 2. The lowest BCUT2D eigenvalue weighted by atomic mass is 10.2. The van der Waals surface area contributed by atoms with Crippen LogP contribution in [0.2, 0.25) is 5.02 Å². The van der Waals surface area contributed by atoms with Gasteiger partial charge in [0.15, 0.2) is 0 Å². The van der Waals surface area contributed by atoms with Crippen molar-refractivity contribution in [1.29, 1.82) is 0 Å². The lowest BCUT2D eigenvalue weighted by molar-refractivity contribution is -0.123. The fraction of sp³-hybridized carbons (Fsp3) is 0.176. The molecule has 6 heteroatoms. The molecular formula is C17H17ClN2O3. The molecule has 2 N–H and O–H groups in total. The fourth-order valence-electron chi connectivity index (χ4n) is 1.96. The second-order valence-corrected chi connectivity index (χ2v) is 5.42. The Hall–Kier alpha value is -2.53. The van der Waals surface area contributed by atoms with E-state index in [1.165, 1.54) is 7.11 Å². The molecule has 0 aliphatic heterocycles. The second-order valence-electron chi connectivity index (χ2n) is 4.98. The number of rotatable bonds is 5. The predicted molar refractivity (Wildman–Crippen MR) is 91.1 cm³/mol. The molecular weight excluding hydrogens is 316 g/mol. The molecule has 0 spiro atoms. The number of aryl methyl sites for hydroxylation is 1. The van der Waals surface area contributed by atoms with Gasteiger partial charge >= 0.3 is 0 Å². The van der Waals surface area contributed by atoms with Crippen LogP contribution in [0, 0.1) is 6.92 Å². The maximum absolute atomic E-state index is 12.0. The van der Waals surface area contributed by atoms with Crippen molar-refractivity contribution >= 4 is 34.8 Å². The summed E-state index contributed by atoms with van der Waals surface area (Å²) in [6.45, 7) is 1.96. The van der Waals surface area contributed by atoms with E-state index < -0.39 is 11.8 Å². The number of amides is 2. The Morgan fingerprint density at radius 2 is 1.70 bits per heavy atom. The van der Waals surface area contributed by atoms with Crippen molar-refractivity contribution in [3.05, 3.63) is 53.1 Å². The Morgan fingerprint density at radius 1 is 1.04 bits per heavy atom. The van der Waals surface area contributed by atoms with Gasteiger partial charge < -0.3 is 15.4 Å². The third kappa shape index (κ3) is 5.00. The van der Waals surface area contributed by atoms with Crippen LogP contribution in [-0.4, -0.2) is 18.9 Å². The molecule has 2 aromatic rings. The van der Waals surface area contributed by atoms with Crippen LogP contribution in [0.5, 0.6) is 5.75 Å². The molecule has 0 saturated heterocycles. The first-order valence-corrected chi connectivity index (χ1v) is 7.35. The number of anilines is 2. The molecule has 2 rings (SSSR count). The lowest BCUT2D eigenvalue weighted by Gasteiger charge is -2.10. The van der Waals surface area contributed by atoms with Gasteiger partial charge in [-0.1, -0.05) is 29.3 Å². The van der Waals surface area contributed by atoms with Crippen LogP contribution < -0.4 is 15.4 Å². The van der Waals surface area contributed by atoms with Gasteiger partial charge in [0, 0.05) is 10.7 Å². The van der Waals surface area contributed by atoms with Crippen LogP contribution in [0.1, 0.15) is 12.0 Å². The molecule has 2 aromatic carbocycles. The Kier molecular flexibility index (Phi) is 5.60. The maximum atomic E-state index is 12.0. The van der Waals surface area contributed by atoms with Crippen molar-refractivity contribution in [3.8, 4) is 5.75 Å². The van der Waals surface area contributed by atoms with Crippen LogP contribution in [0.15, 0.2) is 42.5 Å². The van der Waals surface area contributed by atoms with Crippen molar-refractivity contribution in [3.63, 3.8) is 0 Å². The smallest absolute Gasteiger partial charge is 0.233 e. The summed E-state index contributed by atoms with van der Waals surface area (Å²) in [4.78, 5) is 23.9. The zero-order chi connectivity index (χ0) is 16.8. The van der Waals surface area contributed by atoms with E-state index in [1.807, 2.05) is 19.1 Å². The van der Waals surface area contributed by atoms with Crippen molar-refractivity contribution in [1.82, 2.24) is 0 Å². The molecule has 2 amide bonds. The monoisotopic (exact) mass is 332 g/mol. The molecule has 120 valence electrons. The van der Waals surface area contributed by atoms with Gasteiger partial charge in [-0.05, 0) is 37.3 Å². The molecule has 23 heavy (non-hydrogen) atoms. The first kappa shape index (κ1) is 16.8. The van der Waals surface area contributed by atoms with E-state index in [4.69, 9.17) is 16.3 Å². The Labute approximate surface area is 139 Å². The highest BCUT2D eigenvalue weighted by Crippen LogP contribution is 2.27. The number of halogens is 1. The number of ether oxygens (including phenoxy) is 1. The predicted octanol–water partition coefficient (Wildman–Crippen LogP) is 3.62. The standard InChI is InChI=1S/C17H17ClN2O3/c1-11-3-6-13(7-4-11)19-16(21)10-17(22)20-14-9-12(18)5-8-15(14)23-2/h3-9H,10H2,1-2H3,(H,19,21)(H,20,22). The molecule has 0 unspecified atom stereocenters. The van der Waals surface area contributed by atoms with E-state index in [0.717, 1.165) is 5.56 Å². The minimum Gasteiger partial charge on any atom is -0.495 e. The number of methoxy groups -OCH3 is 1.